The largest absolute Gasteiger partial charge is 0.477 e. The summed E-state index contributed by atoms with van der Waals surface area (Å²) in [6.45, 7) is 6.72. The van der Waals surface area contributed by atoms with Gasteiger partial charge < -0.3 is 10.1 Å². The molecule has 1 heterocycles. The number of ether oxygens (including phenoxy) is 1. The van der Waals surface area contributed by atoms with Crippen molar-refractivity contribution in [2.45, 2.75) is 46.1 Å². The van der Waals surface area contributed by atoms with Gasteiger partial charge in [0.15, 0.2) is 0 Å². The van der Waals surface area contributed by atoms with Gasteiger partial charge in [-0.15, -0.1) is 5.10 Å². The minimum atomic E-state index is 0.627. The summed E-state index contributed by atoms with van der Waals surface area (Å²) in [7, 11) is 0. The molecule has 0 saturated carbocycles. The first-order valence-corrected chi connectivity index (χ1v) is 6.53. The van der Waals surface area contributed by atoms with Crippen molar-refractivity contribution in [3.8, 4) is 5.88 Å². The maximum absolute atomic E-state index is 5.52. The Morgan fingerprint density at radius 1 is 1.12 bits per heavy atom. The molecule has 0 spiro atoms. The number of aromatic nitrogens is 2. The summed E-state index contributed by atoms with van der Waals surface area (Å²) in [5, 5.41) is 11.3. The molecular formula is C13H23N3O. The van der Waals surface area contributed by atoms with Crippen LogP contribution in [0.3, 0.4) is 0 Å². The zero-order valence-electron chi connectivity index (χ0n) is 10.9. The van der Waals surface area contributed by atoms with Gasteiger partial charge in [0.2, 0.25) is 5.88 Å². The molecule has 0 fully saturated rings. The SMILES string of the molecule is CCCCCCOc1ccc(CNCC)nn1. The van der Waals surface area contributed by atoms with Crippen LogP contribution in [0.25, 0.3) is 0 Å². The van der Waals surface area contributed by atoms with Gasteiger partial charge in [-0.25, -0.2) is 0 Å². The molecule has 1 aromatic heterocycles. The molecule has 0 radical (unpaired) electrons. The summed E-state index contributed by atoms with van der Waals surface area (Å²) < 4.78 is 5.52. The number of hydrogen-bond donors (Lipinski definition) is 1. The van der Waals surface area contributed by atoms with Crippen molar-refractivity contribution in [2.75, 3.05) is 13.2 Å². The summed E-state index contributed by atoms with van der Waals surface area (Å²) >= 11 is 0. The van der Waals surface area contributed by atoms with Gasteiger partial charge >= 0.3 is 0 Å². The summed E-state index contributed by atoms with van der Waals surface area (Å²) in [6, 6.07) is 3.84. The van der Waals surface area contributed by atoms with Crippen LogP contribution in [0.1, 0.15) is 45.2 Å². The lowest BCUT2D eigenvalue weighted by Crippen LogP contribution is -2.13. The Hall–Kier alpha value is -1.16. The van der Waals surface area contributed by atoms with E-state index in [9.17, 15) is 0 Å². The van der Waals surface area contributed by atoms with E-state index in [1.54, 1.807) is 0 Å². The molecule has 4 nitrogen and oxygen atoms in total. The highest BCUT2D eigenvalue weighted by Crippen LogP contribution is 2.06. The molecule has 1 N–H and O–H groups in total. The number of nitrogens with one attached hydrogen (secondary N) is 1. The summed E-state index contributed by atoms with van der Waals surface area (Å²) in [5.74, 6) is 0.627. The summed E-state index contributed by atoms with van der Waals surface area (Å²) in [5.41, 5.74) is 0.949. The van der Waals surface area contributed by atoms with Gasteiger partial charge in [-0.05, 0) is 19.0 Å². The second kappa shape index (κ2) is 8.93. The predicted molar refractivity (Wildman–Crippen MR) is 69.0 cm³/mol. The molecule has 96 valence electrons. The molecule has 0 unspecified atom stereocenters. The fourth-order valence-electron chi connectivity index (χ4n) is 1.48. The van der Waals surface area contributed by atoms with E-state index in [1.165, 1.54) is 19.3 Å². The van der Waals surface area contributed by atoms with E-state index in [4.69, 9.17) is 4.74 Å². The predicted octanol–water partition coefficient (Wildman–Crippen LogP) is 2.55. The van der Waals surface area contributed by atoms with Crippen LogP contribution in [0.15, 0.2) is 12.1 Å². The second-order valence-electron chi connectivity index (χ2n) is 4.05. The lowest BCUT2D eigenvalue weighted by molar-refractivity contribution is 0.290. The smallest absolute Gasteiger partial charge is 0.233 e. The standard InChI is InChI=1S/C13H23N3O/c1-3-5-6-7-10-17-13-9-8-12(15-16-13)11-14-4-2/h8-9,14H,3-7,10-11H2,1-2H3. The Labute approximate surface area is 104 Å². The molecule has 1 rings (SSSR count). The van der Waals surface area contributed by atoms with Crippen molar-refractivity contribution in [3.63, 3.8) is 0 Å². The van der Waals surface area contributed by atoms with Crippen molar-refractivity contribution in [2.24, 2.45) is 0 Å². The Morgan fingerprint density at radius 3 is 2.65 bits per heavy atom. The molecular weight excluding hydrogens is 214 g/mol. The Morgan fingerprint density at radius 2 is 2.00 bits per heavy atom. The quantitative estimate of drug-likeness (QED) is 0.670. The highest BCUT2D eigenvalue weighted by Gasteiger charge is 1.98. The van der Waals surface area contributed by atoms with E-state index < -0.39 is 0 Å². The Kier molecular flexibility index (Phi) is 7.30. The van der Waals surface area contributed by atoms with Gasteiger partial charge in [-0.3, -0.25) is 0 Å². The van der Waals surface area contributed by atoms with Gasteiger partial charge in [-0.1, -0.05) is 33.1 Å². The Balaban J connectivity index is 2.20. The molecule has 0 bridgehead atoms. The topological polar surface area (TPSA) is 47.0 Å². The molecule has 0 aliphatic carbocycles. The number of rotatable bonds is 9. The Bertz CT molecular complexity index is 287. The van der Waals surface area contributed by atoms with Crippen LogP contribution in [0.5, 0.6) is 5.88 Å². The molecule has 0 amide bonds. The van der Waals surface area contributed by atoms with E-state index in [0.717, 1.165) is 31.8 Å². The molecule has 0 atom stereocenters. The lowest BCUT2D eigenvalue weighted by Gasteiger charge is -2.05. The van der Waals surface area contributed by atoms with Crippen molar-refractivity contribution >= 4 is 0 Å². The zero-order chi connectivity index (χ0) is 12.3. The molecule has 0 aliphatic rings. The number of unbranched alkanes of at least 4 members (excludes halogenated alkanes) is 3. The zero-order valence-corrected chi connectivity index (χ0v) is 10.9. The molecule has 0 aromatic carbocycles. The van der Waals surface area contributed by atoms with Gasteiger partial charge in [-0.2, -0.15) is 5.10 Å². The van der Waals surface area contributed by atoms with Crippen molar-refractivity contribution in [3.05, 3.63) is 17.8 Å². The third-order valence-electron chi connectivity index (χ3n) is 2.50. The molecule has 17 heavy (non-hydrogen) atoms. The fraction of sp³-hybridized carbons (Fsp3) is 0.692. The average molecular weight is 237 g/mol. The average Bonchev–Trinajstić information content (AvgIpc) is 2.37. The van der Waals surface area contributed by atoms with E-state index >= 15 is 0 Å². The molecule has 4 heteroatoms. The van der Waals surface area contributed by atoms with E-state index in [0.29, 0.717) is 5.88 Å². The minimum Gasteiger partial charge on any atom is -0.477 e. The molecule has 0 aliphatic heterocycles. The summed E-state index contributed by atoms with van der Waals surface area (Å²) in [6.07, 6.45) is 4.84. The van der Waals surface area contributed by atoms with Crippen LogP contribution < -0.4 is 10.1 Å². The van der Waals surface area contributed by atoms with Crippen LogP contribution in [-0.2, 0) is 6.54 Å². The lowest BCUT2D eigenvalue weighted by atomic mass is 10.2. The number of nitrogens with zero attached hydrogens (tertiary/aromatic N) is 2. The maximum Gasteiger partial charge on any atom is 0.233 e. The molecule has 0 saturated heterocycles. The maximum atomic E-state index is 5.52. The van der Waals surface area contributed by atoms with Crippen molar-refractivity contribution in [1.29, 1.82) is 0 Å². The van der Waals surface area contributed by atoms with E-state index in [2.05, 4.69) is 29.4 Å². The van der Waals surface area contributed by atoms with Gasteiger partial charge in [0.1, 0.15) is 0 Å². The molecule has 1 aromatic rings. The third-order valence-corrected chi connectivity index (χ3v) is 2.50. The van der Waals surface area contributed by atoms with Crippen LogP contribution in [0, 0.1) is 0 Å². The summed E-state index contributed by atoms with van der Waals surface area (Å²) in [4.78, 5) is 0. The normalized spacial score (nSPS) is 10.5. The first-order chi connectivity index (χ1) is 8.36. The van der Waals surface area contributed by atoms with Gasteiger partial charge in [0.05, 0.1) is 12.3 Å². The van der Waals surface area contributed by atoms with E-state index in [-0.39, 0.29) is 0 Å². The highest BCUT2D eigenvalue weighted by molar-refractivity contribution is 5.11. The minimum absolute atomic E-state index is 0.627. The van der Waals surface area contributed by atoms with Gasteiger partial charge in [0, 0.05) is 12.6 Å². The second-order valence-corrected chi connectivity index (χ2v) is 4.05. The van der Waals surface area contributed by atoms with Gasteiger partial charge in [0.25, 0.3) is 0 Å². The first-order valence-electron chi connectivity index (χ1n) is 6.53. The monoisotopic (exact) mass is 237 g/mol. The van der Waals surface area contributed by atoms with Crippen molar-refractivity contribution in [1.82, 2.24) is 15.5 Å². The third kappa shape index (κ3) is 6.22. The number of hydrogen-bond acceptors (Lipinski definition) is 4. The van der Waals surface area contributed by atoms with Crippen LogP contribution in [-0.4, -0.2) is 23.3 Å². The highest BCUT2D eigenvalue weighted by atomic mass is 16.5. The van der Waals surface area contributed by atoms with Crippen molar-refractivity contribution < 1.29 is 4.74 Å². The van der Waals surface area contributed by atoms with Crippen LogP contribution >= 0.6 is 0 Å². The fourth-order valence-corrected chi connectivity index (χ4v) is 1.48. The van der Waals surface area contributed by atoms with Crippen LogP contribution in [0.4, 0.5) is 0 Å². The first kappa shape index (κ1) is 13.9. The van der Waals surface area contributed by atoms with E-state index in [1.807, 2.05) is 12.1 Å². The van der Waals surface area contributed by atoms with Crippen LogP contribution in [0.2, 0.25) is 0 Å².